The van der Waals surface area contributed by atoms with Crippen molar-refractivity contribution in [1.29, 1.82) is 0 Å². The maximum absolute atomic E-state index is 13.0. The van der Waals surface area contributed by atoms with E-state index in [4.69, 9.17) is 0 Å². The zero-order valence-electron chi connectivity index (χ0n) is 10.6. The molecule has 1 saturated carbocycles. The number of alkyl halides is 1. The van der Waals surface area contributed by atoms with Gasteiger partial charge in [-0.25, -0.2) is 4.39 Å². The average molecular weight is 236 g/mol. The van der Waals surface area contributed by atoms with E-state index in [1.54, 1.807) is 13.8 Å². The van der Waals surface area contributed by atoms with Gasteiger partial charge in [-0.1, -0.05) is 24.3 Å². The molecule has 0 spiro atoms. The number of hydrogen-bond acceptors (Lipinski definition) is 1. The molecule has 1 nitrogen and oxygen atoms in total. The molecule has 1 aliphatic rings. The van der Waals surface area contributed by atoms with Crippen LogP contribution in [0, 0.1) is 5.92 Å². The van der Waals surface area contributed by atoms with Gasteiger partial charge in [0.15, 0.2) is 0 Å². The van der Waals surface area contributed by atoms with E-state index in [2.05, 4.69) is 24.3 Å². The third-order valence-electron chi connectivity index (χ3n) is 3.81. The van der Waals surface area contributed by atoms with Gasteiger partial charge in [-0.15, -0.1) is 0 Å². The van der Waals surface area contributed by atoms with Crippen molar-refractivity contribution in [1.82, 2.24) is 0 Å². The predicted octanol–water partition coefficient (Wildman–Crippen LogP) is 3.46. The smallest absolute Gasteiger partial charge is 0.100 e. The van der Waals surface area contributed by atoms with Crippen molar-refractivity contribution in [2.24, 2.45) is 5.92 Å². The van der Waals surface area contributed by atoms with Crippen LogP contribution in [0.2, 0.25) is 0 Å². The first-order chi connectivity index (χ1) is 8.06. The Morgan fingerprint density at radius 1 is 1.24 bits per heavy atom. The van der Waals surface area contributed by atoms with Crippen LogP contribution >= 0.6 is 0 Å². The van der Waals surface area contributed by atoms with Gasteiger partial charge in [-0.3, -0.25) is 0 Å². The van der Waals surface area contributed by atoms with E-state index in [1.807, 2.05) is 0 Å². The zero-order valence-corrected chi connectivity index (χ0v) is 10.6. The molecule has 0 amide bonds. The van der Waals surface area contributed by atoms with Crippen LogP contribution in [0.15, 0.2) is 24.3 Å². The highest BCUT2D eigenvalue weighted by Gasteiger charge is 2.33. The lowest BCUT2D eigenvalue weighted by atomic mass is 9.69. The van der Waals surface area contributed by atoms with E-state index in [1.165, 1.54) is 11.1 Å². The van der Waals surface area contributed by atoms with E-state index in [9.17, 15) is 9.50 Å². The van der Waals surface area contributed by atoms with Crippen molar-refractivity contribution in [3.8, 4) is 0 Å². The minimum atomic E-state index is -0.666. The van der Waals surface area contributed by atoms with Crippen LogP contribution in [0.25, 0.3) is 0 Å². The lowest BCUT2D eigenvalue weighted by Gasteiger charge is -2.36. The van der Waals surface area contributed by atoms with Crippen LogP contribution in [0.1, 0.15) is 43.7 Å². The quantitative estimate of drug-likeness (QED) is 0.848. The zero-order chi connectivity index (χ0) is 12.4. The number of benzene rings is 1. The van der Waals surface area contributed by atoms with Crippen molar-refractivity contribution < 1.29 is 9.50 Å². The summed E-state index contributed by atoms with van der Waals surface area (Å²) >= 11 is 0. The fourth-order valence-corrected chi connectivity index (χ4v) is 2.58. The Labute approximate surface area is 103 Å². The molecule has 0 bridgehead atoms. The first-order valence-electron chi connectivity index (χ1n) is 6.47. The van der Waals surface area contributed by atoms with Gasteiger partial charge in [0.1, 0.15) is 6.17 Å². The highest BCUT2D eigenvalue weighted by molar-refractivity contribution is 5.27. The fraction of sp³-hybridized carbons (Fsp3) is 0.600. The van der Waals surface area contributed by atoms with E-state index in [0.717, 1.165) is 12.8 Å². The Kier molecular flexibility index (Phi) is 3.82. The third-order valence-corrected chi connectivity index (χ3v) is 3.81. The Morgan fingerprint density at radius 2 is 1.82 bits per heavy atom. The number of halogens is 1. The molecule has 0 aliphatic heterocycles. The molecule has 1 fully saturated rings. The minimum Gasteiger partial charge on any atom is -0.393 e. The Balaban J connectivity index is 1.91. The van der Waals surface area contributed by atoms with Gasteiger partial charge < -0.3 is 5.11 Å². The van der Waals surface area contributed by atoms with Gasteiger partial charge in [0.25, 0.3) is 0 Å². The molecule has 0 heterocycles. The SMILES string of the molecule is CC(O)Cc1ccc(C2CC(C(C)F)C2)cc1. The maximum atomic E-state index is 13.0. The molecule has 94 valence electrons. The number of aliphatic hydroxyl groups excluding tert-OH is 1. The summed E-state index contributed by atoms with van der Waals surface area (Å²) in [5, 5.41) is 9.30. The van der Waals surface area contributed by atoms with E-state index >= 15 is 0 Å². The molecule has 0 radical (unpaired) electrons. The fourth-order valence-electron chi connectivity index (χ4n) is 2.58. The van der Waals surface area contributed by atoms with Crippen LogP contribution < -0.4 is 0 Å². The summed E-state index contributed by atoms with van der Waals surface area (Å²) in [6.45, 7) is 3.46. The van der Waals surface area contributed by atoms with Crippen LogP contribution in [0.5, 0.6) is 0 Å². The van der Waals surface area contributed by atoms with Crippen LogP contribution in [-0.4, -0.2) is 17.4 Å². The number of aliphatic hydroxyl groups is 1. The molecular formula is C15H21FO. The maximum Gasteiger partial charge on any atom is 0.100 e. The summed E-state index contributed by atoms with van der Waals surface area (Å²) < 4.78 is 13.0. The van der Waals surface area contributed by atoms with Gasteiger partial charge in [0.2, 0.25) is 0 Å². The first-order valence-corrected chi connectivity index (χ1v) is 6.47. The second-order valence-electron chi connectivity index (χ2n) is 5.40. The predicted molar refractivity (Wildman–Crippen MR) is 67.9 cm³/mol. The Bertz CT molecular complexity index is 350. The Hall–Kier alpha value is -0.890. The lowest BCUT2D eigenvalue weighted by Crippen LogP contribution is -2.28. The summed E-state index contributed by atoms with van der Waals surface area (Å²) in [5.74, 6) is 0.802. The van der Waals surface area contributed by atoms with Crippen LogP contribution in [0.3, 0.4) is 0 Å². The monoisotopic (exact) mass is 236 g/mol. The largest absolute Gasteiger partial charge is 0.393 e. The normalized spacial score (nSPS) is 27.3. The van der Waals surface area contributed by atoms with Gasteiger partial charge in [0, 0.05) is 0 Å². The van der Waals surface area contributed by atoms with Crippen molar-refractivity contribution >= 4 is 0 Å². The van der Waals surface area contributed by atoms with Crippen molar-refractivity contribution in [2.45, 2.75) is 51.3 Å². The number of rotatable bonds is 4. The molecule has 0 aromatic heterocycles. The lowest BCUT2D eigenvalue weighted by molar-refractivity contribution is 0.140. The summed E-state index contributed by atoms with van der Waals surface area (Å²) in [5.41, 5.74) is 2.48. The standard InChI is InChI=1S/C15H21FO/c1-10(17)7-12-3-5-13(6-4-12)15-8-14(9-15)11(2)16/h3-6,10-11,14-15,17H,7-9H2,1-2H3. The van der Waals surface area contributed by atoms with Gasteiger partial charge >= 0.3 is 0 Å². The number of hydrogen-bond donors (Lipinski definition) is 1. The average Bonchev–Trinajstić information content (AvgIpc) is 2.16. The molecule has 17 heavy (non-hydrogen) atoms. The molecule has 1 N–H and O–H groups in total. The molecule has 0 saturated heterocycles. The van der Waals surface area contributed by atoms with Crippen LogP contribution in [0.4, 0.5) is 4.39 Å². The highest BCUT2D eigenvalue weighted by atomic mass is 19.1. The van der Waals surface area contributed by atoms with Gasteiger partial charge in [0.05, 0.1) is 6.10 Å². The summed E-state index contributed by atoms with van der Waals surface area (Å²) in [7, 11) is 0. The molecule has 1 aromatic carbocycles. The molecule has 1 aromatic rings. The summed E-state index contributed by atoms with van der Waals surface area (Å²) in [4.78, 5) is 0. The second-order valence-corrected chi connectivity index (χ2v) is 5.40. The highest BCUT2D eigenvalue weighted by Crippen LogP contribution is 2.43. The van der Waals surface area contributed by atoms with Gasteiger partial charge in [-0.2, -0.15) is 0 Å². The summed E-state index contributed by atoms with van der Waals surface area (Å²) in [6, 6.07) is 8.41. The topological polar surface area (TPSA) is 20.2 Å². The first kappa shape index (κ1) is 12.6. The summed E-state index contributed by atoms with van der Waals surface area (Å²) in [6.07, 6.45) is 1.71. The molecule has 1 aliphatic carbocycles. The van der Waals surface area contributed by atoms with Gasteiger partial charge in [-0.05, 0) is 56.1 Å². The second kappa shape index (κ2) is 5.18. The molecule has 2 unspecified atom stereocenters. The minimum absolute atomic E-state index is 0.261. The molecule has 2 atom stereocenters. The molecular weight excluding hydrogens is 215 g/mol. The van der Waals surface area contributed by atoms with E-state index in [0.29, 0.717) is 12.3 Å². The van der Waals surface area contributed by atoms with E-state index in [-0.39, 0.29) is 12.0 Å². The molecule has 2 rings (SSSR count). The Morgan fingerprint density at radius 3 is 2.29 bits per heavy atom. The third kappa shape index (κ3) is 3.06. The van der Waals surface area contributed by atoms with Crippen LogP contribution in [-0.2, 0) is 6.42 Å². The molecule has 2 heteroatoms. The van der Waals surface area contributed by atoms with E-state index < -0.39 is 6.17 Å². The van der Waals surface area contributed by atoms with Crippen molar-refractivity contribution in [2.75, 3.05) is 0 Å². The van der Waals surface area contributed by atoms with Crippen molar-refractivity contribution in [3.05, 3.63) is 35.4 Å². The van der Waals surface area contributed by atoms with Crippen molar-refractivity contribution in [3.63, 3.8) is 0 Å².